The number of halogens is 2. The predicted octanol–water partition coefficient (Wildman–Crippen LogP) is 4.79. The molecule has 0 fully saturated rings. The van der Waals surface area contributed by atoms with Crippen LogP contribution in [0.15, 0.2) is 36.4 Å². The summed E-state index contributed by atoms with van der Waals surface area (Å²) >= 11 is 7.52. The van der Waals surface area contributed by atoms with Gasteiger partial charge in [-0.2, -0.15) is 11.8 Å². The second-order valence-corrected chi connectivity index (χ2v) is 8.04. The van der Waals surface area contributed by atoms with Crippen LogP contribution in [0, 0.1) is 5.82 Å². The van der Waals surface area contributed by atoms with E-state index < -0.39 is 0 Å². The molecule has 2 aromatic carbocycles. The number of nitrogens with one attached hydrogen (secondary N) is 1. The molecule has 0 aliphatic heterocycles. The van der Waals surface area contributed by atoms with Crippen molar-refractivity contribution in [2.75, 3.05) is 18.9 Å². The molecule has 0 unspecified atom stereocenters. The van der Waals surface area contributed by atoms with Crippen molar-refractivity contribution in [2.24, 2.45) is 0 Å². The third kappa shape index (κ3) is 5.88. The molecule has 0 heterocycles. The van der Waals surface area contributed by atoms with E-state index in [1.165, 1.54) is 41.8 Å². The lowest BCUT2D eigenvalue weighted by Gasteiger charge is -2.16. The maximum atomic E-state index is 13.7. The van der Waals surface area contributed by atoms with E-state index in [1.807, 2.05) is 6.07 Å². The molecule has 1 aliphatic carbocycles. The number of rotatable bonds is 8. The van der Waals surface area contributed by atoms with Crippen molar-refractivity contribution in [1.82, 2.24) is 5.32 Å². The van der Waals surface area contributed by atoms with E-state index in [1.54, 1.807) is 12.1 Å². The standard InChI is InChI=1S/C21H23ClFNO2S/c22-19-6-3-7-20(23)18(19)14-27-11-10-24-21(25)13-26-17-9-8-15-4-1-2-5-16(15)12-17/h3,6-9,12H,1-2,4-5,10-11,13-14H2,(H,24,25). The number of carbonyl (C=O) groups excluding carboxylic acids is 1. The third-order valence-corrected chi connectivity index (χ3v) is 5.91. The van der Waals surface area contributed by atoms with E-state index in [9.17, 15) is 9.18 Å². The number of hydrogen-bond donors (Lipinski definition) is 1. The Morgan fingerprint density at radius 2 is 2.00 bits per heavy atom. The summed E-state index contributed by atoms with van der Waals surface area (Å²) in [7, 11) is 0. The van der Waals surface area contributed by atoms with Gasteiger partial charge in [0.1, 0.15) is 11.6 Å². The van der Waals surface area contributed by atoms with Crippen LogP contribution < -0.4 is 10.1 Å². The maximum Gasteiger partial charge on any atom is 0.257 e. The Kier molecular flexibility index (Phi) is 7.41. The molecular weight excluding hydrogens is 385 g/mol. The first-order chi connectivity index (χ1) is 13.1. The van der Waals surface area contributed by atoms with Crippen molar-refractivity contribution in [3.8, 4) is 5.75 Å². The van der Waals surface area contributed by atoms with E-state index in [2.05, 4.69) is 17.4 Å². The van der Waals surface area contributed by atoms with E-state index in [4.69, 9.17) is 16.3 Å². The van der Waals surface area contributed by atoms with Gasteiger partial charge in [0.2, 0.25) is 0 Å². The van der Waals surface area contributed by atoms with Gasteiger partial charge in [-0.25, -0.2) is 4.39 Å². The van der Waals surface area contributed by atoms with Crippen molar-refractivity contribution < 1.29 is 13.9 Å². The Morgan fingerprint density at radius 3 is 2.81 bits per heavy atom. The molecule has 0 saturated carbocycles. The molecule has 144 valence electrons. The minimum absolute atomic E-state index is 0.00257. The van der Waals surface area contributed by atoms with Gasteiger partial charge in [0.25, 0.3) is 5.91 Å². The number of carbonyl (C=O) groups is 1. The second kappa shape index (κ2) is 10.00. The second-order valence-electron chi connectivity index (χ2n) is 6.53. The molecule has 1 N–H and O–H groups in total. The SMILES string of the molecule is O=C(COc1ccc2c(c1)CCCC2)NCCSCc1c(F)cccc1Cl. The summed E-state index contributed by atoms with van der Waals surface area (Å²) in [5.74, 6) is 1.45. The quantitative estimate of drug-likeness (QED) is 0.639. The molecule has 6 heteroatoms. The van der Waals surface area contributed by atoms with E-state index in [-0.39, 0.29) is 18.3 Å². The van der Waals surface area contributed by atoms with Crippen LogP contribution in [0.2, 0.25) is 5.02 Å². The van der Waals surface area contributed by atoms with Gasteiger partial charge in [-0.15, -0.1) is 0 Å². The number of benzene rings is 2. The summed E-state index contributed by atoms with van der Waals surface area (Å²) in [6, 6.07) is 10.8. The zero-order valence-electron chi connectivity index (χ0n) is 15.1. The predicted molar refractivity (Wildman–Crippen MR) is 109 cm³/mol. The first-order valence-corrected chi connectivity index (χ1v) is 10.7. The summed E-state index contributed by atoms with van der Waals surface area (Å²) in [5.41, 5.74) is 3.23. The number of fused-ring (bicyclic) bond motifs is 1. The lowest BCUT2D eigenvalue weighted by atomic mass is 9.92. The van der Waals surface area contributed by atoms with Crippen molar-refractivity contribution in [3.63, 3.8) is 0 Å². The van der Waals surface area contributed by atoms with Gasteiger partial charge >= 0.3 is 0 Å². The highest BCUT2D eigenvalue weighted by molar-refractivity contribution is 7.98. The van der Waals surface area contributed by atoms with Crippen LogP contribution in [0.3, 0.4) is 0 Å². The number of amides is 1. The van der Waals surface area contributed by atoms with Gasteiger partial charge in [0.05, 0.1) is 0 Å². The van der Waals surface area contributed by atoms with Gasteiger partial charge in [-0.1, -0.05) is 23.7 Å². The maximum absolute atomic E-state index is 13.7. The largest absolute Gasteiger partial charge is 0.484 e. The zero-order chi connectivity index (χ0) is 19.1. The van der Waals surface area contributed by atoms with Crippen LogP contribution in [0.1, 0.15) is 29.5 Å². The van der Waals surface area contributed by atoms with Crippen molar-refractivity contribution in [1.29, 1.82) is 0 Å². The summed E-state index contributed by atoms with van der Waals surface area (Å²) in [5, 5.41) is 3.25. The molecule has 2 aromatic rings. The lowest BCUT2D eigenvalue weighted by molar-refractivity contribution is -0.122. The normalized spacial score (nSPS) is 13.1. The Balaban J connectivity index is 1.34. The highest BCUT2D eigenvalue weighted by Gasteiger charge is 2.11. The molecule has 27 heavy (non-hydrogen) atoms. The number of hydrogen-bond acceptors (Lipinski definition) is 3. The Morgan fingerprint density at radius 1 is 1.19 bits per heavy atom. The average molecular weight is 408 g/mol. The monoisotopic (exact) mass is 407 g/mol. The fraction of sp³-hybridized carbons (Fsp3) is 0.381. The topological polar surface area (TPSA) is 38.3 Å². The first kappa shape index (κ1) is 20.0. The molecule has 3 nitrogen and oxygen atoms in total. The Labute approximate surface area is 168 Å². The molecule has 0 atom stereocenters. The van der Waals surface area contributed by atoms with Crippen molar-refractivity contribution >= 4 is 29.3 Å². The molecule has 3 rings (SSSR count). The highest BCUT2D eigenvalue weighted by atomic mass is 35.5. The van der Waals surface area contributed by atoms with Crippen LogP contribution in [0.5, 0.6) is 5.75 Å². The van der Waals surface area contributed by atoms with Crippen LogP contribution in [0.25, 0.3) is 0 Å². The highest BCUT2D eigenvalue weighted by Crippen LogP contribution is 2.25. The van der Waals surface area contributed by atoms with Crippen LogP contribution >= 0.6 is 23.4 Å². The molecule has 0 aromatic heterocycles. The van der Waals surface area contributed by atoms with E-state index >= 15 is 0 Å². The van der Waals surface area contributed by atoms with Gasteiger partial charge in [0.15, 0.2) is 6.61 Å². The first-order valence-electron chi connectivity index (χ1n) is 9.15. The van der Waals surface area contributed by atoms with Crippen LogP contribution in [-0.2, 0) is 23.4 Å². The number of ether oxygens (including phenoxy) is 1. The molecule has 0 saturated heterocycles. The van der Waals surface area contributed by atoms with Gasteiger partial charge in [-0.05, 0) is 61.1 Å². The van der Waals surface area contributed by atoms with Gasteiger partial charge < -0.3 is 10.1 Å². The summed E-state index contributed by atoms with van der Waals surface area (Å²) in [4.78, 5) is 11.9. The van der Waals surface area contributed by atoms with Crippen molar-refractivity contribution in [3.05, 3.63) is 63.9 Å². The molecule has 1 aliphatic rings. The van der Waals surface area contributed by atoms with E-state index in [0.29, 0.717) is 28.6 Å². The smallest absolute Gasteiger partial charge is 0.257 e. The summed E-state index contributed by atoms with van der Waals surface area (Å²) < 4.78 is 19.3. The van der Waals surface area contributed by atoms with Gasteiger partial charge in [0, 0.05) is 28.6 Å². The average Bonchev–Trinajstić information content (AvgIpc) is 2.68. The molecule has 0 radical (unpaired) electrons. The molecule has 1 amide bonds. The summed E-state index contributed by atoms with van der Waals surface area (Å²) in [6.07, 6.45) is 4.68. The molecular formula is C21H23ClFNO2S. The van der Waals surface area contributed by atoms with Crippen LogP contribution in [0.4, 0.5) is 4.39 Å². The molecule has 0 spiro atoms. The van der Waals surface area contributed by atoms with Gasteiger partial charge in [-0.3, -0.25) is 4.79 Å². The zero-order valence-corrected chi connectivity index (χ0v) is 16.7. The fourth-order valence-electron chi connectivity index (χ4n) is 3.11. The number of aryl methyl sites for hydroxylation is 2. The minimum Gasteiger partial charge on any atom is -0.484 e. The third-order valence-electron chi connectivity index (χ3n) is 4.57. The summed E-state index contributed by atoms with van der Waals surface area (Å²) in [6.45, 7) is 0.506. The fourth-order valence-corrected chi connectivity index (χ4v) is 4.30. The number of thioether (sulfide) groups is 1. The minimum atomic E-state index is -0.294. The Bertz CT molecular complexity index is 779. The Hall–Kier alpha value is -1.72. The van der Waals surface area contributed by atoms with Crippen molar-refractivity contribution in [2.45, 2.75) is 31.4 Å². The van der Waals surface area contributed by atoms with Crippen LogP contribution in [-0.4, -0.2) is 24.8 Å². The molecule has 0 bridgehead atoms. The lowest BCUT2D eigenvalue weighted by Crippen LogP contribution is -2.30. The van der Waals surface area contributed by atoms with E-state index in [0.717, 1.165) is 18.6 Å².